The number of Topliss-reactive ketones (excluding diaryl/α,β-unsaturated/α-hetero) is 1. The average molecular weight is 363 g/mol. The van der Waals surface area contributed by atoms with Gasteiger partial charge < -0.3 is 10.4 Å². The predicted octanol–water partition coefficient (Wildman–Crippen LogP) is 3.39. The average Bonchev–Trinajstić information content (AvgIpc) is 2.72. The first kappa shape index (κ1) is 18.6. The quantitative estimate of drug-likeness (QED) is 0.609. The number of nitrogens with one attached hydrogen (secondary N) is 1. The molecule has 1 aliphatic rings. The normalized spacial score (nSPS) is 19.9. The number of rotatable bonds is 6. The van der Waals surface area contributed by atoms with Gasteiger partial charge in [0.1, 0.15) is 0 Å². The Bertz CT molecular complexity index is 845. The minimum atomic E-state index is -1.14. The molecule has 3 rings (SSSR count). The lowest BCUT2D eigenvalue weighted by Gasteiger charge is -2.28. The maximum absolute atomic E-state index is 12.9. The fourth-order valence-corrected chi connectivity index (χ4v) is 3.39. The van der Waals surface area contributed by atoms with Crippen LogP contribution in [0.4, 0.5) is 0 Å². The first-order valence-electron chi connectivity index (χ1n) is 8.90. The molecule has 1 amide bonds. The van der Waals surface area contributed by atoms with Crippen LogP contribution in [0.5, 0.6) is 0 Å². The summed E-state index contributed by atoms with van der Waals surface area (Å²) in [5.41, 5.74) is 1.06. The molecule has 0 spiro atoms. The molecule has 2 aromatic rings. The number of carboxylic acid groups (broad SMARTS) is 1. The van der Waals surface area contributed by atoms with Gasteiger partial charge in [0.05, 0.1) is 5.92 Å². The SMILES string of the molecule is O=C(N[C@@H](C(=O)O)c1ccccc1)[C@H]1CC=CC[C@@H]1C(=O)c1ccccc1. The van der Waals surface area contributed by atoms with Gasteiger partial charge in [-0.25, -0.2) is 4.79 Å². The molecule has 0 aliphatic heterocycles. The van der Waals surface area contributed by atoms with Gasteiger partial charge in [-0.05, 0) is 18.4 Å². The van der Waals surface area contributed by atoms with Crippen molar-refractivity contribution in [1.82, 2.24) is 5.32 Å². The number of carboxylic acids is 1. The molecule has 0 bridgehead atoms. The fraction of sp³-hybridized carbons (Fsp3) is 0.227. The molecule has 0 unspecified atom stereocenters. The summed E-state index contributed by atoms with van der Waals surface area (Å²) in [6.45, 7) is 0. The molecule has 5 heteroatoms. The largest absolute Gasteiger partial charge is 0.479 e. The number of hydrogen-bond acceptors (Lipinski definition) is 3. The molecule has 0 saturated carbocycles. The van der Waals surface area contributed by atoms with Crippen molar-refractivity contribution in [2.24, 2.45) is 11.8 Å². The molecule has 5 nitrogen and oxygen atoms in total. The summed E-state index contributed by atoms with van der Waals surface area (Å²) in [5.74, 6) is -2.72. The Morgan fingerprint density at radius 3 is 2.00 bits per heavy atom. The molecule has 0 aromatic heterocycles. The number of hydrogen-bond donors (Lipinski definition) is 2. The Morgan fingerprint density at radius 1 is 0.852 bits per heavy atom. The van der Waals surface area contributed by atoms with Gasteiger partial charge in [-0.15, -0.1) is 0 Å². The zero-order valence-corrected chi connectivity index (χ0v) is 14.7. The number of carbonyl (C=O) groups excluding carboxylic acids is 2. The third kappa shape index (κ3) is 4.31. The number of amides is 1. The minimum absolute atomic E-state index is 0.0910. The second-order valence-corrected chi connectivity index (χ2v) is 6.58. The smallest absolute Gasteiger partial charge is 0.330 e. The zero-order valence-electron chi connectivity index (χ0n) is 14.7. The lowest BCUT2D eigenvalue weighted by molar-refractivity contribution is -0.143. The Kier molecular flexibility index (Phi) is 5.81. The van der Waals surface area contributed by atoms with E-state index in [1.165, 1.54) is 0 Å². The number of aliphatic carboxylic acids is 1. The van der Waals surface area contributed by atoms with E-state index in [0.717, 1.165) is 0 Å². The topological polar surface area (TPSA) is 83.5 Å². The Balaban J connectivity index is 1.80. The summed E-state index contributed by atoms with van der Waals surface area (Å²) in [6, 6.07) is 16.3. The van der Waals surface area contributed by atoms with Gasteiger partial charge in [0, 0.05) is 11.5 Å². The van der Waals surface area contributed by atoms with Gasteiger partial charge >= 0.3 is 5.97 Å². The molecular weight excluding hydrogens is 342 g/mol. The van der Waals surface area contributed by atoms with E-state index in [1.807, 2.05) is 18.2 Å². The van der Waals surface area contributed by atoms with Gasteiger partial charge in [-0.1, -0.05) is 72.8 Å². The maximum Gasteiger partial charge on any atom is 0.330 e. The first-order valence-corrected chi connectivity index (χ1v) is 8.90. The van der Waals surface area contributed by atoms with Crippen LogP contribution in [0.15, 0.2) is 72.8 Å². The fourth-order valence-electron chi connectivity index (χ4n) is 3.39. The summed E-state index contributed by atoms with van der Waals surface area (Å²) < 4.78 is 0. The standard InChI is InChI=1S/C22H21NO4/c24-20(16-11-5-2-6-12-16)17-13-7-8-14-18(17)21(25)23-19(22(26)27)15-9-3-1-4-10-15/h1-12,17-19H,13-14H2,(H,23,25)(H,26,27)/t17-,18-,19+/m0/s1. The third-order valence-electron chi connectivity index (χ3n) is 4.83. The Labute approximate surface area is 157 Å². The highest BCUT2D eigenvalue weighted by molar-refractivity contribution is 6.01. The molecule has 2 N–H and O–H groups in total. The van der Waals surface area contributed by atoms with Crippen LogP contribution in [0.25, 0.3) is 0 Å². The second-order valence-electron chi connectivity index (χ2n) is 6.58. The highest BCUT2D eigenvalue weighted by Gasteiger charge is 2.36. The summed E-state index contributed by atoms with van der Waals surface area (Å²) in [5, 5.41) is 12.1. The van der Waals surface area contributed by atoms with Crippen molar-refractivity contribution in [1.29, 1.82) is 0 Å². The van der Waals surface area contributed by atoms with E-state index in [0.29, 0.717) is 24.0 Å². The summed E-state index contributed by atoms with van der Waals surface area (Å²) in [7, 11) is 0. The molecule has 1 aliphatic carbocycles. The van der Waals surface area contributed by atoms with Crippen LogP contribution in [-0.2, 0) is 9.59 Å². The van der Waals surface area contributed by atoms with Crippen LogP contribution in [0, 0.1) is 11.8 Å². The van der Waals surface area contributed by atoms with Gasteiger partial charge in [0.15, 0.2) is 11.8 Å². The highest BCUT2D eigenvalue weighted by atomic mass is 16.4. The van der Waals surface area contributed by atoms with Crippen molar-refractivity contribution >= 4 is 17.7 Å². The van der Waals surface area contributed by atoms with Gasteiger partial charge in [0.25, 0.3) is 0 Å². The Morgan fingerprint density at radius 2 is 1.41 bits per heavy atom. The highest BCUT2D eigenvalue weighted by Crippen LogP contribution is 2.30. The second kappa shape index (κ2) is 8.45. The molecule has 0 saturated heterocycles. The Hall–Kier alpha value is -3.21. The summed E-state index contributed by atoms with van der Waals surface area (Å²) in [4.78, 5) is 37.4. The van der Waals surface area contributed by atoms with E-state index >= 15 is 0 Å². The van der Waals surface area contributed by atoms with Crippen molar-refractivity contribution in [3.8, 4) is 0 Å². The van der Waals surface area contributed by atoms with Crippen LogP contribution in [0.3, 0.4) is 0 Å². The lowest BCUT2D eigenvalue weighted by Crippen LogP contribution is -2.42. The molecule has 0 fully saturated rings. The summed E-state index contributed by atoms with van der Waals surface area (Å²) in [6.07, 6.45) is 4.66. The van der Waals surface area contributed by atoms with Crippen LogP contribution in [-0.4, -0.2) is 22.8 Å². The van der Waals surface area contributed by atoms with E-state index in [-0.39, 0.29) is 5.78 Å². The van der Waals surface area contributed by atoms with Crippen molar-refractivity contribution in [2.75, 3.05) is 0 Å². The molecule has 27 heavy (non-hydrogen) atoms. The zero-order chi connectivity index (χ0) is 19.2. The van der Waals surface area contributed by atoms with Gasteiger partial charge in [-0.2, -0.15) is 0 Å². The molecule has 3 atom stereocenters. The monoisotopic (exact) mass is 363 g/mol. The van der Waals surface area contributed by atoms with Crippen molar-refractivity contribution in [2.45, 2.75) is 18.9 Å². The number of allylic oxidation sites excluding steroid dienone is 2. The van der Waals surface area contributed by atoms with E-state index in [4.69, 9.17) is 0 Å². The first-order chi connectivity index (χ1) is 13.1. The minimum Gasteiger partial charge on any atom is -0.479 e. The number of carbonyl (C=O) groups is 3. The maximum atomic E-state index is 12.9. The third-order valence-corrected chi connectivity index (χ3v) is 4.83. The molecule has 0 radical (unpaired) electrons. The van der Waals surface area contributed by atoms with Gasteiger partial charge in [0.2, 0.25) is 5.91 Å². The molecule has 2 aromatic carbocycles. The molecule has 0 heterocycles. The number of ketones is 1. The van der Waals surface area contributed by atoms with Crippen LogP contribution in [0.1, 0.15) is 34.8 Å². The van der Waals surface area contributed by atoms with Crippen LogP contribution < -0.4 is 5.32 Å². The van der Waals surface area contributed by atoms with Gasteiger partial charge in [-0.3, -0.25) is 9.59 Å². The van der Waals surface area contributed by atoms with E-state index in [1.54, 1.807) is 54.6 Å². The van der Waals surface area contributed by atoms with E-state index in [9.17, 15) is 19.5 Å². The van der Waals surface area contributed by atoms with Crippen molar-refractivity contribution in [3.05, 3.63) is 83.9 Å². The lowest BCUT2D eigenvalue weighted by atomic mass is 9.77. The summed E-state index contributed by atoms with van der Waals surface area (Å²) >= 11 is 0. The van der Waals surface area contributed by atoms with E-state index in [2.05, 4.69) is 5.32 Å². The van der Waals surface area contributed by atoms with Crippen LogP contribution >= 0.6 is 0 Å². The number of benzene rings is 2. The van der Waals surface area contributed by atoms with Crippen molar-refractivity contribution < 1.29 is 19.5 Å². The van der Waals surface area contributed by atoms with Crippen molar-refractivity contribution in [3.63, 3.8) is 0 Å². The van der Waals surface area contributed by atoms with E-state index < -0.39 is 29.8 Å². The molecule has 138 valence electrons. The van der Waals surface area contributed by atoms with Crippen LogP contribution in [0.2, 0.25) is 0 Å². The molecular formula is C22H21NO4. The predicted molar refractivity (Wildman–Crippen MR) is 101 cm³/mol.